The molecule has 0 spiro atoms. The third-order valence-electron chi connectivity index (χ3n) is 4.20. The number of para-hydroxylation sites is 1. The van der Waals surface area contributed by atoms with Gasteiger partial charge >= 0.3 is 5.97 Å². The van der Waals surface area contributed by atoms with Crippen molar-refractivity contribution in [1.82, 2.24) is 9.88 Å². The van der Waals surface area contributed by atoms with Crippen LogP contribution in [0.3, 0.4) is 0 Å². The average Bonchev–Trinajstić information content (AvgIpc) is 3.23. The van der Waals surface area contributed by atoms with Crippen LogP contribution in [0.2, 0.25) is 0 Å². The second-order valence-electron chi connectivity index (χ2n) is 5.65. The van der Waals surface area contributed by atoms with Crippen molar-refractivity contribution in [1.29, 1.82) is 0 Å². The van der Waals surface area contributed by atoms with Crippen molar-refractivity contribution in [2.24, 2.45) is 0 Å². The lowest BCUT2D eigenvalue weighted by molar-refractivity contribution is -0.142. The van der Waals surface area contributed by atoms with Crippen LogP contribution < -0.4 is 9.47 Å². The highest BCUT2D eigenvalue weighted by Gasteiger charge is 2.30. The largest absolute Gasteiger partial charge is 0.493 e. The van der Waals surface area contributed by atoms with Gasteiger partial charge in [0, 0.05) is 11.9 Å². The Hall–Kier alpha value is -2.12. The number of benzene rings is 1. The van der Waals surface area contributed by atoms with Gasteiger partial charge in [0.05, 0.1) is 25.5 Å². The third kappa shape index (κ3) is 3.22. The number of ether oxygens (including phenoxy) is 2. The number of carboxylic acids is 1. The summed E-state index contributed by atoms with van der Waals surface area (Å²) in [5, 5.41) is 12.1. The van der Waals surface area contributed by atoms with Crippen molar-refractivity contribution in [2.45, 2.75) is 25.4 Å². The summed E-state index contributed by atoms with van der Waals surface area (Å²) in [5.41, 5.74) is 1.76. The van der Waals surface area contributed by atoms with E-state index >= 15 is 0 Å². The minimum absolute atomic E-state index is 0.401. The van der Waals surface area contributed by atoms with Gasteiger partial charge in [-0.25, -0.2) is 4.98 Å². The maximum absolute atomic E-state index is 11.3. The number of rotatable bonds is 6. The van der Waals surface area contributed by atoms with Crippen molar-refractivity contribution in [3.05, 3.63) is 29.3 Å². The summed E-state index contributed by atoms with van der Waals surface area (Å²) < 4.78 is 10.8. The van der Waals surface area contributed by atoms with Crippen molar-refractivity contribution in [2.75, 3.05) is 20.8 Å². The zero-order valence-electron chi connectivity index (χ0n) is 13.7. The fourth-order valence-electron chi connectivity index (χ4n) is 3.06. The average molecular weight is 348 g/mol. The molecule has 1 fully saturated rings. The Kier molecular flexibility index (Phi) is 5.01. The Bertz CT molecular complexity index is 731. The zero-order valence-corrected chi connectivity index (χ0v) is 14.5. The summed E-state index contributed by atoms with van der Waals surface area (Å²) in [6, 6.07) is 5.29. The van der Waals surface area contributed by atoms with Gasteiger partial charge in [-0.15, -0.1) is 11.3 Å². The van der Waals surface area contributed by atoms with Gasteiger partial charge in [0.1, 0.15) is 11.0 Å². The maximum Gasteiger partial charge on any atom is 0.320 e. The van der Waals surface area contributed by atoms with E-state index in [0.29, 0.717) is 24.5 Å². The van der Waals surface area contributed by atoms with E-state index in [1.807, 2.05) is 28.5 Å². The van der Waals surface area contributed by atoms with Crippen LogP contribution in [-0.4, -0.2) is 47.8 Å². The highest BCUT2D eigenvalue weighted by atomic mass is 32.1. The third-order valence-corrected chi connectivity index (χ3v) is 5.12. The first-order valence-corrected chi connectivity index (χ1v) is 8.64. The van der Waals surface area contributed by atoms with Crippen molar-refractivity contribution < 1.29 is 19.4 Å². The van der Waals surface area contributed by atoms with E-state index in [0.717, 1.165) is 29.2 Å². The van der Waals surface area contributed by atoms with E-state index in [2.05, 4.69) is 4.98 Å². The number of hydrogen-bond acceptors (Lipinski definition) is 6. The van der Waals surface area contributed by atoms with Crippen LogP contribution in [0.15, 0.2) is 23.6 Å². The van der Waals surface area contributed by atoms with Crippen molar-refractivity contribution >= 4 is 17.3 Å². The number of likely N-dealkylation sites (tertiary alicyclic amines) is 1. The first-order chi connectivity index (χ1) is 11.6. The zero-order chi connectivity index (χ0) is 17.1. The molecule has 2 aromatic rings. The van der Waals surface area contributed by atoms with E-state index < -0.39 is 12.0 Å². The van der Waals surface area contributed by atoms with Crippen LogP contribution in [-0.2, 0) is 11.3 Å². The summed E-state index contributed by atoms with van der Waals surface area (Å²) in [5.74, 6) is 0.570. The first kappa shape index (κ1) is 16.7. The van der Waals surface area contributed by atoms with Gasteiger partial charge in [0.2, 0.25) is 0 Å². The van der Waals surface area contributed by atoms with Crippen LogP contribution in [0.5, 0.6) is 11.5 Å². The molecule has 1 aliphatic heterocycles. The van der Waals surface area contributed by atoms with Gasteiger partial charge in [-0.2, -0.15) is 0 Å². The Morgan fingerprint density at radius 3 is 2.96 bits per heavy atom. The van der Waals surface area contributed by atoms with Gasteiger partial charge in [-0.3, -0.25) is 9.69 Å². The summed E-state index contributed by atoms with van der Waals surface area (Å²) >= 11 is 1.52. The maximum atomic E-state index is 11.3. The first-order valence-electron chi connectivity index (χ1n) is 7.76. The van der Waals surface area contributed by atoms with Gasteiger partial charge < -0.3 is 14.6 Å². The molecule has 1 N–H and O–H groups in total. The summed E-state index contributed by atoms with van der Waals surface area (Å²) in [4.78, 5) is 17.9. The number of aliphatic carboxylic acids is 1. The fourth-order valence-corrected chi connectivity index (χ4v) is 3.89. The molecule has 3 rings (SSSR count). The second kappa shape index (κ2) is 7.19. The molecule has 6 nitrogen and oxygen atoms in total. The molecule has 128 valence electrons. The lowest BCUT2D eigenvalue weighted by Crippen LogP contribution is -2.35. The Morgan fingerprint density at radius 2 is 2.25 bits per heavy atom. The van der Waals surface area contributed by atoms with Crippen molar-refractivity contribution in [3.8, 4) is 22.1 Å². The fraction of sp³-hybridized carbons (Fsp3) is 0.412. The molecule has 2 heterocycles. The Morgan fingerprint density at radius 1 is 1.42 bits per heavy atom. The van der Waals surface area contributed by atoms with Gasteiger partial charge in [-0.05, 0) is 31.5 Å². The van der Waals surface area contributed by atoms with Crippen LogP contribution in [0, 0.1) is 0 Å². The molecular formula is C17H20N2O4S. The van der Waals surface area contributed by atoms with E-state index in [1.165, 1.54) is 11.3 Å². The summed E-state index contributed by atoms with van der Waals surface area (Å²) in [6.45, 7) is 1.35. The molecule has 0 amide bonds. The normalized spacial score (nSPS) is 17.8. The molecule has 1 aromatic heterocycles. The number of thiazole rings is 1. The highest BCUT2D eigenvalue weighted by Crippen LogP contribution is 2.39. The van der Waals surface area contributed by atoms with Gasteiger partial charge in [0.15, 0.2) is 11.5 Å². The van der Waals surface area contributed by atoms with Gasteiger partial charge in [0.25, 0.3) is 0 Å². The molecule has 1 atom stereocenters. The lowest BCUT2D eigenvalue weighted by atomic mass is 10.2. The molecule has 0 radical (unpaired) electrons. The predicted molar refractivity (Wildman–Crippen MR) is 91.7 cm³/mol. The Balaban J connectivity index is 1.83. The molecule has 1 aromatic carbocycles. The van der Waals surface area contributed by atoms with Crippen LogP contribution in [0.4, 0.5) is 0 Å². The lowest BCUT2D eigenvalue weighted by Gasteiger charge is -2.19. The predicted octanol–water partition coefficient (Wildman–Crippen LogP) is 2.88. The molecule has 7 heteroatoms. The molecule has 24 heavy (non-hydrogen) atoms. The number of methoxy groups -OCH3 is 2. The monoisotopic (exact) mass is 348 g/mol. The Labute approximate surface area is 144 Å². The highest BCUT2D eigenvalue weighted by molar-refractivity contribution is 7.13. The minimum atomic E-state index is -0.752. The van der Waals surface area contributed by atoms with E-state index in [4.69, 9.17) is 9.47 Å². The molecule has 0 aliphatic carbocycles. The SMILES string of the molecule is COc1cccc(-c2nc(CN3CCC[C@@H]3C(=O)O)cs2)c1OC. The van der Waals surface area contributed by atoms with Crippen molar-refractivity contribution in [3.63, 3.8) is 0 Å². The molecule has 0 bridgehead atoms. The van der Waals surface area contributed by atoms with E-state index in [9.17, 15) is 9.90 Å². The summed E-state index contributed by atoms with van der Waals surface area (Å²) in [6.07, 6.45) is 1.62. The quantitative estimate of drug-likeness (QED) is 0.865. The minimum Gasteiger partial charge on any atom is -0.493 e. The molecular weight excluding hydrogens is 328 g/mol. The topological polar surface area (TPSA) is 71.9 Å². The number of aromatic nitrogens is 1. The van der Waals surface area contributed by atoms with Crippen LogP contribution in [0.1, 0.15) is 18.5 Å². The van der Waals surface area contributed by atoms with Crippen LogP contribution >= 0.6 is 11.3 Å². The number of carbonyl (C=O) groups is 1. The van der Waals surface area contributed by atoms with Crippen LogP contribution in [0.25, 0.3) is 10.6 Å². The standard InChI is InChI=1S/C17H20N2O4S/c1-22-14-7-3-5-12(15(14)23-2)16-18-11(10-24-16)9-19-8-4-6-13(19)17(20)21/h3,5,7,10,13H,4,6,8-9H2,1-2H3,(H,20,21)/t13-/m1/s1. The van der Waals surface area contributed by atoms with Gasteiger partial charge in [-0.1, -0.05) is 6.07 Å². The van der Waals surface area contributed by atoms with E-state index in [1.54, 1.807) is 14.2 Å². The molecule has 1 saturated heterocycles. The second-order valence-corrected chi connectivity index (χ2v) is 6.51. The molecule has 1 aliphatic rings. The molecule has 0 saturated carbocycles. The number of nitrogens with zero attached hydrogens (tertiary/aromatic N) is 2. The van der Waals surface area contributed by atoms with E-state index in [-0.39, 0.29) is 0 Å². The number of hydrogen-bond donors (Lipinski definition) is 1. The smallest absolute Gasteiger partial charge is 0.320 e. The number of carboxylic acid groups (broad SMARTS) is 1. The molecule has 0 unspecified atom stereocenters. The summed E-state index contributed by atoms with van der Waals surface area (Å²) in [7, 11) is 3.21.